The molecule has 0 radical (unpaired) electrons. The van der Waals surface area contributed by atoms with Crippen LogP contribution in [0.2, 0.25) is 10.0 Å². The van der Waals surface area contributed by atoms with Crippen LogP contribution in [0.15, 0.2) is 101 Å². The molecule has 1 amide bonds. The van der Waals surface area contributed by atoms with Gasteiger partial charge in [-0.2, -0.15) is 5.26 Å². The lowest BCUT2D eigenvalue weighted by molar-refractivity contribution is -0.112. The molecule has 0 bridgehead atoms. The number of halogens is 3. The van der Waals surface area contributed by atoms with Gasteiger partial charge >= 0.3 is 0 Å². The molecular weight excluding hydrogens is 587 g/mol. The van der Waals surface area contributed by atoms with Gasteiger partial charge < -0.3 is 14.8 Å². The van der Waals surface area contributed by atoms with E-state index in [9.17, 15) is 10.1 Å². The number of carbonyl (C=O) groups excluding carboxylic acids is 1. The molecule has 190 valence electrons. The SMILES string of the molecule is N#C/C(=C\c1cc(Cl)ccc1OCc1ccc(Br)cc1)C(=O)Nc1ccc(OCc2ccccc2Cl)cc1. The minimum atomic E-state index is -0.559. The van der Waals surface area contributed by atoms with E-state index < -0.39 is 5.91 Å². The number of hydrogen-bond acceptors (Lipinski definition) is 4. The summed E-state index contributed by atoms with van der Waals surface area (Å²) >= 11 is 15.8. The quantitative estimate of drug-likeness (QED) is 0.153. The van der Waals surface area contributed by atoms with E-state index in [1.807, 2.05) is 48.5 Å². The van der Waals surface area contributed by atoms with Gasteiger partial charge in [0.2, 0.25) is 0 Å². The smallest absolute Gasteiger partial charge is 0.266 e. The van der Waals surface area contributed by atoms with Crippen LogP contribution in [0, 0.1) is 11.3 Å². The van der Waals surface area contributed by atoms with Crippen LogP contribution in [0.1, 0.15) is 16.7 Å². The van der Waals surface area contributed by atoms with Crippen LogP contribution in [0.4, 0.5) is 5.69 Å². The van der Waals surface area contributed by atoms with Crippen molar-refractivity contribution < 1.29 is 14.3 Å². The molecule has 0 aliphatic carbocycles. The number of benzene rings is 4. The predicted molar refractivity (Wildman–Crippen MR) is 154 cm³/mol. The van der Waals surface area contributed by atoms with Crippen molar-refractivity contribution in [2.24, 2.45) is 0 Å². The highest BCUT2D eigenvalue weighted by molar-refractivity contribution is 9.10. The van der Waals surface area contributed by atoms with Gasteiger partial charge in [-0.25, -0.2) is 0 Å². The Kier molecular flexibility index (Phi) is 9.45. The van der Waals surface area contributed by atoms with Gasteiger partial charge in [-0.1, -0.05) is 69.5 Å². The second-order valence-electron chi connectivity index (χ2n) is 8.13. The zero-order valence-corrected chi connectivity index (χ0v) is 23.1. The zero-order chi connectivity index (χ0) is 26.9. The second-order valence-corrected chi connectivity index (χ2v) is 9.89. The van der Waals surface area contributed by atoms with E-state index in [2.05, 4.69) is 21.2 Å². The van der Waals surface area contributed by atoms with E-state index in [1.54, 1.807) is 48.5 Å². The van der Waals surface area contributed by atoms with Gasteiger partial charge in [-0.15, -0.1) is 0 Å². The minimum Gasteiger partial charge on any atom is -0.489 e. The Morgan fingerprint density at radius 1 is 0.921 bits per heavy atom. The molecule has 4 aromatic rings. The number of rotatable bonds is 9. The van der Waals surface area contributed by atoms with Crippen molar-refractivity contribution in [1.29, 1.82) is 5.26 Å². The molecule has 0 heterocycles. The summed E-state index contributed by atoms with van der Waals surface area (Å²) in [5.41, 5.74) is 2.77. The molecule has 1 N–H and O–H groups in total. The lowest BCUT2D eigenvalue weighted by Gasteiger charge is -2.11. The maximum absolute atomic E-state index is 12.9. The van der Waals surface area contributed by atoms with Crippen LogP contribution in [0.5, 0.6) is 11.5 Å². The van der Waals surface area contributed by atoms with Gasteiger partial charge in [-0.05, 0) is 72.3 Å². The number of amides is 1. The first kappa shape index (κ1) is 27.3. The molecular formula is C30H21BrCl2N2O3. The highest BCUT2D eigenvalue weighted by Crippen LogP contribution is 2.27. The average Bonchev–Trinajstić information content (AvgIpc) is 2.92. The van der Waals surface area contributed by atoms with Crippen LogP contribution < -0.4 is 14.8 Å². The Hall–Kier alpha value is -3.76. The lowest BCUT2D eigenvalue weighted by Crippen LogP contribution is -2.13. The zero-order valence-electron chi connectivity index (χ0n) is 20.0. The fraction of sp³-hybridized carbons (Fsp3) is 0.0667. The number of carbonyl (C=O) groups is 1. The molecule has 0 aliphatic rings. The molecule has 0 fully saturated rings. The van der Waals surface area contributed by atoms with Crippen LogP contribution >= 0.6 is 39.1 Å². The largest absolute Gasteiger partial charge is 0.489 e. The lowest BCUT2D eigenvalue weighted by atomic mass is 10.1. The van der Waals surface area contributed by atoms with E-state index in [0.29, 0.717) is 46.0 Å². The number of nitrogens with zero attached hydrogens (tertiary/aromatic N) is 1. The minimum absolute atomic E-state index is 0.0974. The maximum atomic E-state index is 12.9. The third-order valence-corrected chi connectivity index (χ3v) is 6.54. The summed E-state index contributed by atoms with van der Waals surface area (Å²) in [6.07, 6.45) is 1.46. The van der Waals surface area contributed by atoms with Crippen LogP contribution in [0.25, 0.3) is 6.08 Å². The number of ether oxygens (including phenoxy) is 2. The Balaban J connectivity index is 1.43. The van der Waals surface area contributed by atoms with Gasteiger partial charge in [0, 0.05) is 31.3 Å². The molecule has 8 heteroatoms. The molecule has 4 aromatic carbocycles. The predicted octanol–water partition coefficient (Wildman–Crippen LogP) is 8.46. The van der Waals surface area contributed by atoms with Gasteiger partial charge in [0.25, 0.3) is 5.91 Å². The molecule has 0 atom stereocenters. The molecule has 0 aliphatic heterocycles. The molecule has 0 saturated heterocycles. The van der Waals surface area contributed by atoms with E-state index >= 15 is 0 Å². The average molecular weight is 608 g/mol. The van der Waals surface area contributed by atoms with Gasteiger partial charge in [-0.3, -0.25) is 4.79 Å². The van der Waals surface area contributed by atoms with Gasteiger partial charge in [0.15, 0.2) is 0 Å². The van der Waals surface area contributed by atoms with E-state index in [-0.39, 0.29) is 5.57 Å². The Labute approximate surface area is 239 Å². The molecule has 4 rings (SSSR count). The molecule has 0 spiro atoms. The molecule has 5 nitrogen and oxygen atoms in total. The van der Waals surface area contributed by atoms with Crippen molar-refractivity contribution in [1.82, 2.24) is 0 Å². The van der Waals surface area contributed by atoms with Crippen LogP contribution in [-0.2, 0) is 18.0 Å². The summed E-state index contributed by atoms with van der Waals surface area (Å²) in [6, 6.07) is 29.0. The fourth-order valence-electron chi connectivity index (χ4n) is 3.42. The molecule has 0 unspecified atom stereocenters. The monoisotopic (exact) mass is 606 g/mol. The first-order valence-electron chi connectivity index (χ1n) is 11.5. The van der Waals surface area contributed by atoms with Crippen molar-refractivity contribution in [3.8, 4) is 17.6 Å². The Bertz CT molecular complexity index is 1500. The van der Waals surface area contributed by atoms with Crippen molar-refractivity contribution in [2.45, 2.75) is 13.2 Å². The summed E-state index contributed by atoms with van der Waals surface area (Å²) in [7, 11) is 0. The third-order valence-electron chi connectivity index (χ3n) is 5.41. The first-order chi connectivity index (χ1) is 18.4. The van der Waals surface area contributed by atoms with Crippen LogP contribution in [0.3, 0.4) is 0 Å². The van der Waals surface area contributed by atoms with Crippen molar-refractivity contribution in [3.63, 3.8) is 0 Å². The summed E-state index contributed by atoms with van der Waals surface area (Å²) in [4.78, 5) is 12.9. The van der Waals surface area contributed by atoms with Crippen molar-refractivity contribution >= 4 is 56.8 Å². The maximum Gasteiger partial charge on any atom is 0.266 e. The van der Waals surface area contributed by atoms with Crippen molar-refractivity contribution in [2.75, 3.05) is 5.32 Å². The van der Waals surface area contributed by atoms with E-state index in [4.69, 9.17) is 32.7 Å². The van der Waals surface area contributed by atoms with Crippen LogP contribution in [-0.4, -0.2) is 5.91 Å². The third kappa shape index (κ3) is 7.62. The number of nitriles is 1. The number of hydrogen-bond donors (Lipinski definition) is 1. The molecule has 0 saturated carbocycles. The summed E-state index contributed by atoms with van der Waals surface area (Å²) in [5, 5.41) is 13.5. The Morgan fingerprint density at radius 3 is 2.37 bits per heavy atom. The van der Waals surface area contributed by atoms with E-state index in [1.165, 1.54) is 6.08 Å². The van der Waals surface area contributed by atoms with Gasteiger partial charge in [0.05, 0.1) is 0 Å². The van der Waals surface area contributed by atoms with Gasteiger partial charge in [0.1, 0.15) is 36.4 Å². The highest BCUT2D eigenvalue weighted by atomic mass is 79.9. The first-order valence-corrected chi connectivity index (χ1v) is 13.0. The Morgan fingerprint density at radius 2 is 1.66 bits per heavy atom. The summed E-state index contributed by atoms with van der Waals surface area (Å²) in [5.74, 6) is 0.555. The standard InChI is InChI=1S/C30H21BrCl2N2O3/c31-24-7-5-20(6-8-24)18-38-29-14-9-25(32)16-22(29)15-23(17-34)30(36)35-26-10-12-27(13-11-26)37-19-21-3-1-2-4-28(21)33/h1-16H,18-19H2,(H,35,36)/b23-15+. The molecule has 0 aromatic heterocycles. The number of anilines is 1. The van der Waals surface area contributed by atoms with E-state index in [0.717, 1.165) is 15.6 Å². The topological polar surface area (TPSA) is 71.3 Å². The molecule has 38 heavy (non-hydrogen) atoms. The highest BCUT2D eigenvalue weighted by Gasteiger charge is 2.13. The second kappa shape index (κ2) is 13.2. The normalized spacial score (nSPS) is 10.9. The fourth-order valence-corrected chi connectivity index (χ4v) is 4.05. The van der Waals surface area contributed by atoms with Crippen molar-refractivity contribution in [3.05, 3.63) is 128 Å². The summed E-state index contributed by atoms with van der Waals surface area (Å²) < 4.78 is 12.7. The number of nitrogens with one attached hydrogen (secondary N) is 1. The summed E-state index contributed by atoms with van der Waals surface area (Å²) in [6.45, 7) is 0.632.